The predicted octanol–water partition coefficient (Wildman–Crippen LogP) is 5.40. The third-order valence-electron chi connectivity index (χ3n) is 4.33. The molecule has 3 aromatic rings. The molecule has 0 aromatic heterocycles. The molecule has 0 aliphatic rings. The Morgan fingerprint density at radius 3 is 2.48 bits per heavy atom. The summed E-state index contributed by atoms with van der Waals surface area (Å²) in [6, 6.07) is 16.9. The zero-order chi connectivity index (χ0) is 21.0. The van der Waals surface area contributed by atoms with Crippen LogP contribution in [0.15, 0.2) is 66.9 Å². The summed E-state index contributed by atoms with van der Waals surface area (Å²) in [6.45, 7) is 6.48. The van der Waals surface area contributed by atoms with Gasteiger partial charge in [-0.05, 0) is 49.1 Å². The van der Waals surface area contributed by atoms with Gasteiger partial charge < -0.3 is 10.4 Å². The molecule has 2 N–H and O–H groups in total. The monoisotopic (exact) mass is 401 g/mol. The first-order chi connectivity index (χ1) is 13.8. The van der Waals surface area contributed by atoms with Crippen LogP contribution in [0.2, 0.25) is 5.02 Å². The first kappa shape index (κ1) is 20.5. The normalized spacial score (nSPS) is 10.6. The van der Waals surface area contributed by atoms with Gasteiger partial charge in [-0.2, -0.15) is 0 Å². The zero-order valence-electron chi connectivity index (χ0n) is 16.2. The summed E-state index contributed by atoms with van der Waals surface area (Å²) in [7, 11) is 0. The van der Waals surface area contributed by atoms with Crippen LogP contribution in [0.1, 0.15) is 30.5 Å². The summed E-state index contributed by atoms with van der Waals surface area (Å²) in [4.78, 5) is 12.3. The maximum absolute atomic E-state index is 12.3. The molecule has 0 unspecified atom stereocenters. The van der Waals surface area contributed by atoms with Crippen molar-refractivity contribution in [1.29, 1.82) is 0 Å². The molecule has 0 atom stereocenters. The molecule has 0 radical (unpaired) electrons. The summed E-state index contributed by atoms with van der Waals surface area (Å²) in [5.41, 5.74) is 3.87. The van der Waals surface area contributed by atoms with Crippen molar-refractivity contribution in [3.8, 4) is 11.8 Å². The highest BCUT2D eigenvalue weighted by atomic mass is 35.5. The molecule has 0 aliphatic heterocycles. The highest BCUT2D eigenvalue weighted by molar-refractivity contribution is 6.36. The van der Waals surface area contributed by atoms with Crippen molar-refractivity contribution >= 4 is 40.0 Å². The Bertz CT molecular complexity index is 1200. The lowest BCUT2D eigenvalue weighted by atomic mass is 10.0. The number of rotatable bonds is 3. The Morgan fingerprint density at radius 1 is 1.10 bits per heavy atom. The van der Waals surface area contributed by atoms with Crippen LogP contribution in [0.3, 0.4) is 0 Å². The lowest BCUT2D eigenvalue weighted by Crippen LogP contribution is -2.36. The molecule has 29 heavy (non-hydrogen) atoms. The van der Waals surface area contributed by atoms with Gasteiger partial charge in [0.1, 0.15) is 5.60 Å². The standard InChI is InChI=1S/C25H20ClNO2/c1-4-8-17-9-7-14-22(27-24(28)25(2,3)29)20(17)16-15-19-11-5-10-18-12-6-13-21(26)23(18)19/h5-14,29H,1H2,2-3H3,(H,27,28). The van der Waals surface area contributed by atoms with Gasteiger partial charge in [-0.1, -0.05) is 66.4 Å². The lowest BCUT2D eigenvalue weighted by molar-refractivity contribution is -0.130. The van der Waals surface area contributed by atoms with Crippen LogP contribution in [-0.2, 0) is 4.79 Å². The minimum Gasteiger partial charge on any atom is -0.381 e. The third-order valence-corrected chi connectivity index (χ3v) is 4.65. The van der Waals surface area contributed by atoms with Crippen molar-refractivity contribution in [3.63, 3.8) is 0 Å². The fraction of sp³-hybridized carbons (Fsp3) is 0.120. The number of fused-ring (bicyclic) bond motifs is 1. The maximum atomic E-state index is 12.3. The van der Waals surface area contributed by atoms with Crippen molar-refractivity contribution < 1.29 is 9.90 Å². The Balaban J connectivity index is 2.15. The largest absolute Gasteiger partial charge is 0.381 e. The fourth-order valence-corrected chi connectivity index (χ4v) is 3.13. The van der Waals surface area contributed by atoms with Crippen LogP contribution < -0.4 is 5.32 Å². The number of hydrogen-bond acceptors (Lipinski definition) is 2. The number of amides is 1. The van der Waals surface area contributed by atoms with Crippen LogP contribution in [0.4, 0.5) is 5.69 Å². The van der Waals surface area contributed by atoms with E-state index in [0.717, 1.165) is 21.9 Å². The van der Waals surface area contributed by atoms with Gasteiger partial charge >= 0.3 is 0 Å². The molecule has 0 spiro atoms. The fourth-order valence-electron chi connectivity index (χ4n) is 2.85. The minimum absolute atomic E-state index is 0.500. The van der Waals surface area contributed by atoms with E-state index in [2.05, 4.69) is 29.5 Å². The van der Waals surface area contributed by atoms with Crippen LogP contribution in [-0.4, -0.2) is 16.6 Å². The first-order valence-corrected chi connectivity index (χ1v) is 9.41. The van der Waals surface area contributed by atoms with Crippen LogP contribution in [0.5, 0.6) is 0 Å². The molecule has 0 aliphatic carbocycles. The molecular formula is C25H20ClNO2. The minimum atomic E-state index is -1.52. The van der Waals surface area contributed by atoms with E-state index in [-0.39, 0.29) is 0 Å². The molecule has 0 fully saturated rings. The Hall–Kier alpha value is -3.28. The number of carbonyl (C=O) groups is 1. The summed E-state index contributed by atoms with van der Waals surface area (Å²) in [5.74, 6) is 5.81. The van der Waals surface area contributed by atoms with Crippen LogP contribution >= 0.6 is 11.6 Å². The van der Waals surface area contributed by atoms with E-state index in [1.807, 2.05) is 42.5 Å². The average Bonchev–Trinajstić information content (AvgIpc) is 2.67. The number of anilines is 1. The van der Waals surface area contributed by atoms with E-state index < -0.39 is 11.5 Å². The summed E-state index contributed by atoms with van der Waals surface area (Å²) in [6.07, 6.45) is 1.69. The predicted molar refractivity (Wildman–Crippen MR) is 120 cm³/mol. The SMILES string of the molecule is C=C=Cc1cccc(NC(=O)C(C)(C)O)c1C#Cc1cccc2cccc(Cl)c12. The van der Waals surface area contributed by atoms with Gasteiger partial charge in [0.05, 0.1) is 11.3 Å². The van der Waals surface area contributed by atoms with Crippen molar-refractivity contribution in [1.82, 2.24) is 0 Å². The summed E-state index contributed by atoms with van der Waals surface area (Å²) < 4.78 is 0. The number of nitrogens with one attached hydrogen (secondary N) is 1. The van der Waals surface area contributed by atoms with Gasteiger partial charge in [0, 0.05) is 16.0 Å². The molecule has 3 nitrogen and oxygen atoms in total. The molecule has 1 amide bonds. The average molecular weight is 402 g/mol. The molecule has 0 saturated carbocycles. The third kappa shape index (κ3) is 4.59. The molecule has 4 heteroatoms. The molecule has 3 aromatic carbocycles. The topological polar surface area (TPSA) is 49.3 Å². The van der Waals surface area contributed by atoms with Gasteiger partial charge in [-0.3, -0.25) is 4.79 Å². The molecule has 0 heterocycles. The number of halogens is 1. The highest BCUT2D eigenvalue weighted by Crippen LogP contribution is 2.27. The van der Waals surface area contributed by atoms with Crippen molar-refractivity contribution in [2.75, 3.05) is 5.32 Å². The van der Waals surface area contributed by atoms with Gasteiger partial charge in [0.2, 0.25) is 0 Å². The van der Waals surface area contributed by atoms with E-state index in [4.69, 9.17) is 11.6 Å². The van der Waals surface area contributed by atoms with Crippen LogP contribution in [0.25, 0.3) is 16.8 Å². The Morgan fingerprint density at radius 2 is 1.79 bits per heavy atom. The molecule has 144 valence electrons. The summed E-state index contributed by atoms with van der Waals surface area (Å²) in [5, 5.41) is 15.2. The van der Waals surface area contributed by atoms with E-state index in [1.54, 1.807) is 18.2 Å². The van der Waals surface area contributed by atoms with Gasteiger partial charge in [0.25, 0.3) is 5.91 Å². The number of benzene rings is 3. The smallest absolute Gasteiger partial charge is 0.255 e. The van der Waals surface area contributed by atoms with Gasteiger partial charge in [0.15, 0.2) is 0 Å². The Kier molecular flexibility index (Phi) is 5.92. The second-order valence-corrected chi connectivity index (χ2v) is 7.43. The van der Waals surface area contributed by atoms with Gasteiger partial charge in [-0.15, -0.1) is 5.73 Å². The van der Waals surface area contributed by atoms with Crippen molar-refractivity contribution in [2.24, 2.45) is 0 Å². The van der Waals surface area contributed by atoms with Crippen molar-refractivity contribution in [2.45, 2.75) is 19.4 Å². The van der Waals surface area contributed by atoms with Crippen LogP contribution in [0, 0.1) is 11.8 Å². The van der Waals surface area contributed by atoms with E-state index in [1.165, 1.54) is 13.8 Å². The molecule has 0 bridgehead atoms. The highest BCUT2D eigenvalue weighted by Gasteiger charge is 2.24. The van der Waals surface area contributed by atoms with Gasteiger partial charge in [-0.25, -0.2) is 0 Å². The maximum Gasteiger partial charge on any atom is 0.255 e. The lowest BCUT2D eigenvalue weighted by Gasteiger charge is -2.18. The molecule has 0 saturated heterocycles. The quantitative estimate of drug-likeness (QED) is 0.456. The number of carbonyl (C=O) groups excluding carboxylic acids is 1. The van der Waals surface area contributed by atoms with E-state index >= 15 is 0 Å². The van der Waals surface area contributed by atoms with E-state index in [0.29, 0.717) is 16.3 Å². The Labute approximate surface area is 175 Å². The summed E-state index contributed by atoms with van der Waals surface area (Å²) >= 11 is 6.40. The zero-order valence-corrected chi connectivity index (χ0v) is 17.0. The molecule has 3 rings (SSSR count). The second kappa shape index (κ2) is 8.39. The first-order valence-electron chi connectivity index (χ1n) is 9.03. The van der Waals surface area contributed by atoms with Crippen molar-refractivity contribution in [3.05, 3.63) is 88.6 Å². The number of hydrogen-bond donors (Lipinski definition) is 2. The number of aliphatic hydroxyl groups is 1. The second-order valence-electron chi connectivity index (χ2n) is 7.02. The molecular weight excluding hydrogens is 382 g/mol. The van der Waals surface area contributed by atoms with E-state index in [9.17, 15) is 9.90 Å².